The summed E-state index contributed by atoms with van der Waals surface area (Å²) in [6, 6.07) is 13.8. The molecule has 2 aromatic carbocycles. The van der Waals surface area contributed by atoms with Gasteiger partial charge in [0.15, 0.2) is 5.11 Å². The van der Waals surface area contributed by atoms with Crippen molar-refractivity contribution in [2.75, 3.05) is 12.4 Å². The molecule has 0 atom stereocenters. The lowest BCUT2D eigenvalue weighted by atomic mass is 10.2. The van der Waals surface area contributed by atoms with Crippen LogP contribution in [-0.4, -0.2) is 18.1 Å². The Morgan fingerprint density at radius 3 is 2.52 bits per heavy atom. The molecule has 0 heterocycles. The monoisotopic (exact) mass is 320 g/mol. The second-order valence-electron chi connectivity index (χ2n) is 4.15. The lowest BCUT2D eigenvalue weighted by Gasteiger charge is -2.10. The summed E-state index contributed by atoms with van der Waals surface area (Å²) in [5, 5.41) is 6.29. The maximum atomic E-state index is 12.0. The zero-order valence-corrected chi connectivity index (χ0v) is 12.8. The predicted octanol–water partition coefficient (Wildman–Crippen LogP) is 3.48. The molecule has 0 unspecified atom stereocenters. The molecule has 1 amide bonds. The molecule has 0 aromatic heterocycles. The van der Waals surface area contributed by atoms with Gasteiger partial charge < -0.3 is 10.1 Å². The van der Waals surface area contributed by atoms with E-state index in [1.165, 1.54) is 0 Å². The van der Waals surface area contributed by atoms with Crippen LogP contribution < -0.4 is 15.4 Å². The van der Waals surface area contributed by atoms with Gasteiger partial charge in [0.1, 0.15) is 5.75 Å². The number of hydrogen-bond acceptors (Lipinski definition) is 3. The summed E-state index contributed by atoms with van der Waals surface area (Å²) < 4.78 is 5.04. The van der Waals surface area contributed by atoms with Crippen LogP contribution in [0.4, 0.5) is 5.69 Å². The fourth-order valence-electron chi connectivity index (χ4n) is 1.65. The minimum absolute atomic E-state index is 0.207. The first-order chi connectivity index (χ1) is 10.1. The second kappa shape index (κ2) is 7.06. The molecule has 0 aliphatic carbocycles. The SMILES string of the molecule is COc1ccc(C(=O)NC(=S)Nc2cccc(Cl)c2)cc1. The molecule has 0 spiro atoms. The standard InChI is InChI=1S/C15H13ClN2O2S/c1-20-13-7-5-10(6-8-13)14(19)18-15(21)17-12-4-2-3-11(16)9-12/h2-9H,1H3,(H2,17,18,19,21). The van der Waals surface area contributed by atoms with E-state index in [0.29, 0.717) is 22.0 Å². The molecule has 2 aromatic rings. The summed E-state index contributed by atoms with van der Waals surface area (Å²) in [4.78, 5) is 12.0. The smallest absolute Gasteiger partial charge is 0.257 e. The van der Waals surface area contributed by atoms with E-state index >= 15 is 0 Å². The van der Waals surface area contributed by atoms with Gasteiger partial charge in [-0.3, -0.25) is 10.1 Å². The number of hydrogen-bond donors (Lipinski definition) is 2. The Morgan fingerprint density at radius 1 is 1.19 bits per heavy atom. The number of nitrogens with one attached hydrogen (secondary N) is 2. The topological polar surface area (TPSA) is 50.4 Å². The summed E-state index contributed by atoms with van der Waals surface area (Å²) in [5.41, 5.74) is 1.20. The second-order valence-corrected chi connectivity index (χ2v) is 4.99. The van der Waals surface area contributed by atoms with Crippen LogP contribution >= 0.6 is 23.8 Å². The maximum Gasteiger partial charge on any atom is 0.257 e. The van der Waals surface area contributed by atoms with Crippen LogP contribution in [-0.2, 0) is 0 Å². The van der Waals surface area contributed by atoms with Gasteiger partial charge in [-0.05, 0) is 54.7 Å². The highest BCUT2D eigenvalue weighted by atomic mass is 35.5. The van der Waals surface area contributed by atoms with Gasteiger partial charge in [-0.2, -0.15) is 0 Å². The van der Waals surface area contributed by atoms with Crippen LogP contribution in [0.15, 0.2) is 48.5 Å². The van der Waals surface area contributed by atoms with Crippen molar-refractivity contribution < 1.29 is 9.53 Å². The number of amides is 1. The van der Waals surface area contributed by atoms with Crippen molar-refractivity contribution in [3.63, 3.8) is 0 Å². The first-order valence-electron chi connectivity index (χ1n) is 6.10. The van der Waals surface area contributed by atoms with E-state index in [1.54, 1.807) is 55.6 Å². The Balaban J connectivity index is 1.96. The average Bonchev–Trinajstić information content (AvgIpc) is 2.47. The number of anilines is 1. The van der Waals surface area contributed by atoms with Crippen LogP contribution in [0, 0.1) is 0 Å². The minimum atomic E-state index is -0.294. The van der Waals surface area contributed by atoms with Crippen molar-refractivity contribution in [1.82, 2.24) is 5.32 Å². The molecule has 4 nitrogen and oxygen atoms in total. The first kappa shape index (κ1) is 15.3. The molecule has 0 saturated heterocycles. The number of rotatable bonds is 3. The van der Waals surface area contributed by atoms with Crippen LogP contribution in [0.2, 0.25) is 5.02 Å². The van der Waals surface area contributed by atoms with Gasteiger partial charge in [-0.25, -0.2) is 0 Å². The Morgan fingerprint density at radius 2 is 1.90 bits per heavy atom. The number of benzene rings is 2. The van der Waals surface area contributed by atoms with E-state index in [2.05, 4.69) is 10.6 Å². The summed E-state index contributed by atoms with van der Waals surface area (Å²) in [6.45, 7) is 0. The van der Waals surface area contributed by atoms with Gasteiger partial charge in [0, 0.05) is 16.3 Å². The third-order valence-corrected chi connectivity index (χ3v) is 3.10. The van der Waals surface area contributed by atoms with Gasteiger partial charge in [0.05, 0.1) is 7.11 Å². The summed E-state index contributed by atoms with van der Waals surface area (Å²) in [7, 11) is 1.57. The first-order valence-corrected chi connectivity index (χ1v) is 6.89. The Kier molecular flexibility index (Phi) is 5.14. The van der Waals surface area contributed by atoms with E-state index < -0.39 is 0 Å². The van der Waals surface area contributed by atoms with Crippen molar-refractivity contribution in [1.29, 1.82) is 0 Å². The van der Waals surface area contributed by atoms with Crippen LogP contribution in [0.25, 0.3) is 0 Å². The largest absolute Gasteiger partial charge is 0.497 e. The fraction of sp³-hybridized carbons (Fsp3) is 0.0667. The van der Waals surface area contributed by atoms with Gasteiger partial charge in [0.25, 0.3) is 5.91 Å². The third-order valence-electron chi connectivity index (χ3n) is 2.66. The van der Waals surface area contributed by atoms with Gasteiger partial charge in [-0.15, -0.1) is 0 Å². The number of carbonyl (C=O) groups is 1. The lowest BCUT2D eigenvalue weighted by molar-refractivity contribution is 0.0977. The number of carbonyl (C=O) groups excluding carboxylic acids is 1. The highest BCUT2D eigenvalue weighted by Gasteiger charge is 2.08. The van der Waals surface area contributed by atoms with Crippen molar-refractivity contribution >= 4 is 40.5 Å². The van der Waals surface area contributed by atoms with E-state index in [-0.39, 0.29) is 11.0 Å². The molecule has 0 fully saturated rings. The number of thiocarbonyl (C=S) groups is 1. The molecule has 0 aliphatic heterocycles. The molecule has 0 saturated carbocycles. The Bertz CT molecular complexity index is 659. The van der Waals surface area contributed by atoms with Crippen molar-refractivity contribution in [3.8, 4) is 5.75 Å². The maximum absolute atomic E-state index is 12.0. The fourth-order valence-corrected chi connectivity index (χ4v) is 2.05. The Labute approximate surface area is 133 Å². The highest BCUT2D eigenvalue weighted by Crippen LogP contribution is 2.15. The molecule has 108 valence electrons. The summed E-state index contributed by atoms with van der Waals surface area (Å²) in [5.74, 6) is 0.392. The van der Waals surface area contributed by atoms with E-state index in [0.717, 1.165) is 0 Å². The van der Waals surface area contributed by atoms with Crippen LogP contribution in [0.3, 0.4) is 0 Å². The lowest BCUT2D eigenvalue weighted by Crippen LogP contribution is -2.34. The Hall–Kier alpha value is -2.11. The zero-order chi connectivity index (χ0) is 15.2. The summed E-state index contributed by atoms with van der Waals surface area (Å²) >= 11 is 11.0. The zero-order valence-electron chi connectivity index (χ0n) is 11.2. The van der Waals surface area contributed by atoms with Crippen molar-refractivity contribution in [2.24, 2.45) is 0 Å². The van der Waals surface area contributed by atoms with Gasteiger partial charge >= 0.3 is 0 Å². The predicted molar refractivity (Wildman–Crippen MR) is 88.1 cm³/mol. The average molecular weight is 321 g/mol. The molecule has 0 bridgehead atoms. The van der Waals surface area contributed by atoms with Gasteiger partial charge in [0.2, 0.25) is 0 Å². The molecular weight excluding hydrogens is 308 g/mol. The molecule has 2 rings (SSSR count). The third kappa shape index (κ3) is 4.44. The number of methoxy groups -OCH3 is 1. The van der Waals surface area contributed by atoms with Crippen LogP contribution in [0.1, 0.15) is 10.4 Å². The minimum Gasteiger partial charge on any atom is -0.497 e. The molecule has 6 heteroatoms. The van der Waals surface area contributed by atoms with E-state index in [1.807, 2.05) is 0 Å². The molecule has 0 aliphatic rings. The molecular formula is C15H13ClN2O2S. The van der Waals surface area contributed by atoms with Crippen molar-refractivity contribution in [3.05, 3.63) is 59.1 Å². The number of ether oxygens (including phenoxy) is 1. The van der Waals surface area contributed by atoms with E-state index in [9.17, 15) is 4.79 Å². The normalized spacial score (nSPS) is 9.81. The molecule has 21 heavy (non-hydrogen) atoms. The van der Waals surface area contributed by atoms with Crippen LogP contribution in [0.5, 0.6) is 5.75 Å². The molecule has 0 radical (unpaired) electrons. The quantitative estimate of drug-likeness (QED) is 0.850. The van der Waals surface area contributed by atoms with E-state index in [4.69, 9.17) is 28.6 Å². The van der Waals surface area contributed by atoms with Gasteiger partial charge in [-0.1, -0.05) is 17.7 Å². The van der Waals surface area contributed by atoms with Crippen molar-refractivity contribution in [2.45, 2.75) is 0 Å². The summed E-state index contributed by atoms with van der Waals surface area (Å²) in [6.07, 6.45) is 0. The highest BCUT2D eigenvalue weighted by molar-refractivity contribution is 7.80. The molecule has 2 N–H and O–H groups in total. The number of halogens is 1.